The van der Waals surface area contributed by atoms with Crippen molar-refractivity contribution in [2.24, 2.45) is 0 Å². The van der Waals surface area contributed by atoms with Crippen LogP contribution in [0.5, 0.6) is 0 Å². The fourth-order valence-corrected chi connectivity index (χ4v) is 1.79. The van der Waals surface area contributed by atoms with Crippen LogP contribution in [0.3, 0.4) is 0 Å². The molecule has 1 heterocycles. The molecule has 0 aliphatic heterocycles. The maximum atomic E-state index is 11.7. The summed E-state index contributed by atoms with van der Waals surface area (Å²) in [4.78, 5) is 25.4. The zero-order valence-electron chi connectivity index (χ0n) is 10.5. The number of nitrogens with two attached hydrogens (primary N) is 1. The Bertz CT molecular complexity index is 489. The highest BCUT2D eigenvalue weighted by molar-refractivity contribution is 5.60. The van der Waals surface area contributed by atoms with Gasteiger partial charge in [-0.25, -0.2) is 4.79 Å². The van der Waals surface area contributed by atoms with Crippen LogP contribution in [-0.4, -0.2) is 15.6 Å². The number of nitrogens with zero attached hydrogens (tertiary/aromatic N) is 1. The average molecular weight is 240 g/mol. The zero-order chi connectivity index (χ0) is 13.0. The summed E-state index contributed by atoms with van der Waals surface area (Å²) in [7, 11) is 0. The number of anilines is 2. The van der Waals surface area contributed by atoms with E-state index in [1.54, 1.807) is 6.92 Å². The van der Waals surface area contributed by atoms with Crippen LogP contribution in [0.25, 0.3) is 0 Å². The summed E-state index contributed by atoms with van der Waals surface area (Å²) < 4.78 is 1.34. The van der Waals surface area contributed by atoms with Gasteiger partial charge in [0.1, 0.15) is 11.5 Å². The summed E-state index contributed by atoms with van der Waals surface area (Å²) in [5.74, 6) is 0.198. The summed E-state index contributed by atoms with van der Waals surface area (Å²) in [6.45, 7) is 6.27. The Morgan fingerprint density at radius 3 is 2.59 bits per heavy atom. The molecule has 1 rings (SSSR count). The number of rotatable bonds is 5. The summed E-state index contributed by atoms with van der Waals surface area (Å²) in [6.07, 6.45) is 1.95. The van der Waals surface area contributed by atoms with Gasteiger partial charge in [0.05, 0.1) is 0 Å². The summed E-state index contributed by atoms with van der Waals surface area (Å²) in [6, 6.07) is 0.145. The van der Waals surface area contributed by atoms with Crippen LogP contribution in [0.1, 0.15) is 33.6 Å². The normalized spacial score (nSPS) is 12.4. The zero-order valence-corrected chi connectivity index (χ0v) is 10.5. The number of hydrogen-bond donors (Lipinski definition) is 3. The predicted octanol–water partition coefficient (Wildman–Crippen LogP) is 0.739. The second-order valence-electron chi connectivity index (χ2n) is 4.10. The quantitative estimate of drug-likeness (QED) is 0.707. The number of nitrogen functional groups attached to an aromatic ring is 1. The van der Waals surface area contributed by atoms with Crippen LogP contribution < -0.4 is 22.3 Å². The lowest BCUT2D eigenvalue weighted by Gasteiger charge is -2.17. The molecule has 96 valence electrons. The first-order valence-electron chi connectivity index (χ1n) is 5.90. The Kier molecular flexibility index (Phi) is 4.37. The maximum Gasteiger partial charge on any atom is 0.330 e. The van der Waals surface area contributed by atoms with Crippen LogP contribution in [0.2, 0.25) is 0 Å². The average Bonchev–Trinajstić information content (AvgIpc) is 2.25. The Labute approximate surface area is 99.8 Å². The van der Waals surface area contributed by atoms with E-state index >= 15 is 0 Å². The molecule has 1 unspecified atom stereocenters. The van der Waals surface area contributed by atoms with Crippen LogP contribution in [-0.2, 0) is 6.54 Å². The molecule has 17 heavy (non-hydrogen) atoms. The summed E-state index contributed by atoms with van der Waals surface area (Å²) in [5.41, 5.74) is 5.18. The first-order valence-corrected chi connectivity index (χ1v) is 5.90. The van der Waals surface area contributed by atoms with Gasteiger partial charge in [-0.15, -0.1) is 0 Å². The van der Waals surface area contributed by atoms with Gasteiger partial charge >= 0.3 is 5.69 Å². The van der Waals surface area contributed by atoms with Gasteiger partial charge in [0.15, 0.2) is 0 Å². The number of nitrogens with one attached hydrogen (secondary N) is 2. The number of H-pyrrole nitrogens is 1. The van der Waals surface area contributed by atoms with Crippen LogP contribution in [0, 0.1) is 0 Å². The van der Waals surface area contributed by atoms with Crippen molar-refractivity contribution >= 4 is 11.5 Å². The SMILES string of the molecule is CCCC(C)Nc1c(N)n(CC)c(=O)[nH]c1=O. The smallest absolute Gasteiger partial charge is 0.330 e. The molecule has 6 nitrogen and oxygen atoms in total. The van der Waals surface area contributed by atoms with Crippen LogP contribution in [0.4, 0.5) is 11.5 Å². The van der Waals surface area contributed by atoms with Crippen molar-refractivity contribution in [3.05, 3.63) is 20.8 Å². The Morgan fingerprint density at radius 2 is 2.06 bits per heavy atom. The van der Waals surface area contributed by atoms with Gasteiger partial charge < -0.3 is 11.1 Å². The third kappa shape index (κ3) is 2.89. The lowest BCUT2D eigenvalue weighted by Crippen LogP contribution is -2.35. The topological polar surface area (TPSA) is 92.9 Å². The fraction of sp³-hybridized carbons (Fsp3) is 0.636. The third-order valence-electron chi connectivity index (χ3n) is 2.67. The highest BCUT2D eigenvalue weighted by Gasteiger charge is 2.12. The van der Waals surface area contributed by atoms with E-state index in [2.05, 4.69) is 17.2 Å². The van der Waals surface area contributed by atoms with Crippen molar-refractivity contribution in [1.29, 1.82) is 0 Å². The molecule has 1 aromatic heterocycles. The molecule has 0 bridgehead atoms. The third-order valence-corrected chi connectivity index (χ3v) is 2.67. The monoisotopic (exact) mass is 240 g/mol. The summed E-state index contributed by atoms with van der Waals surface area (Å²) in [5, 5.41) is 3.05. The Hall–Kier alpha value is -1.72. The van der Waals surface area contributed by atoms with Crippen molar-refractivity contribution in [3.63, 3.8) is 0 Å². The van der Waals surface area contributed by atoms with Crippen LogP contribution >= 0.6 is 0 Å². The lowest BCUT2D eigenvalue weighted by atomic mass is 10.2. The minimum Gasteiger partial charge on any atom is -0.383 e. The van der Waals surface area contributed by atoms with Gasteiger partial charge in [-0.3, -0.25) is 14.3 Å². The maximum absolute atomic E-state index is 11.7. The van der Waals surface area contributed by atoms with Crippen LogP contribution in [0.15, 0.2) is 9.59 Å². The van der Waals surface area contributed by atoms with Crippen molar-refractivity contribution in [2.75, 3.05) is 11.1 Å². The number of aromatic nitrogens is 2. The molecule has 1 aromatic rings. The number of aromatic amines is 1. The number of hydrogen-bond acceptors (Lipinski definition) is 4. The van der Waals surface area contributed by atoms with E-state index in [-0.39, 0.29) is 17.5 Å². The van der Waals surface area contributed by atoms with Crippen molar-refractivity contribution in [2.45, 2.75) is 46.2 Å². The Morgan fingerprint density at radius 1 is 1.41 bits per heavy atom. The lowest BCUT2D eigenvalue weighted by molar-refractivity contribution is 0.676. The largest absolute Gasteiger partial charge is 0.383 e. The van der Waals surface area contributed by atoms with Gasteiger partial charge in [0.25, 0.3) is 5.56 Å². The van der Waals surface area contributed by atoms with E-state index in [0.717, 1.165) is 12.8 Å². The molecule has 0 aromatic carbocycles. The second-order valence-corrected chi connectivity index (χ2v) is 4.10. The van der Waals surface area contributed by atoms with Crippen molar-refractivity contribution in [1.82, 2.24) is 9.55 Å². The van der Waals surface area contributed by atoms with Crippen molar-refractivity contribution in [3.8, 4) is 0 Å². The van der Waals surface area contributed by atoms with E-state index in [1.165, 1.54) is 4.57 Å². The first kappa shape index (κ1) is 13.3. The molecule has 0 radical (unpaired) electrons. The molecule has 6 heteroatoms. The first-order chi connectivity index (χ1) is 8.01. The molecular formula is C11H20N4O2. The van der Waals surface area contributed by atoms with Gasteiger partial charge in [0, 0.05) is 12.6 Å². The molecule has 0 spiro atoms. The van der Waals surface area contributed by atoms with Crippen molar-refractivity contribution < 1.29 is 0 Å². The molecular weight excluding hydrogens is 220 g/mol. The molecule has 0 amide bonds. The molecule has 4 N–H and O–H groups in total. The molecule has 0 aliphatic rings. The van der Waals surface area contributed by atoms with Gasteiger partial charge in [-0.2, -0.15) is 0 Å². The van der Waals surface area contributed by atoms with Gasteiger partial charge in [-0.05, 0) is 20.3 Å². The Balaban J connectivity index is 3.16. The van der Waals surface area contributed by atoms with E-state index in [0.29, 0.717) is 6.54 Å². The predicted molar refractivity (Wildman–Crippen MR) is 69.4 cm³/mol. The van der Waals surface area contributed by atoms with E-state index in [9.17, 15) is 9.59 Å². The van der Waals surface area contributed by atoms with Gasteiger partial charge in [-0.1, -0.05) is 13.3 Å². The summed E-state index contributed by atoms with van der Waals surface area (Å²) >= 11 is 0. The minimum absolute atomic E-state index is 0.145. The molecule has 1 atom stereocenters. The van der Waals surface area contributed by atoms with E-state index in [4.69, 9.17) is 5.73 Å². The molecule has 0 aliphatic carbocycles. The highest BCUT2D eigenvalue weighted by atomic mass is 16.2. The standard InChI is InChI=1S/C11H20N4O2/c1-4-6-7(3)13-8-9(12)15(5-2)11(17)14-10(8)16/h7,13H,4-6,12H2,1-3H3,(H,14,16,17). The molecule has 0 saturated heterocycles. The van der Waals surface area contributed by atoms with Gasteiger partial charge in [0.2, 0.25) is 0 Å². The molecule has 0 saturated carbocycles. The van der Waals surface area contributed by atoms with E-state index in [1.807, 2.05) is 6.92 Å². The second kappa shape index (κ2) is 5.56. The highest BCUT2D eigenvalue weighted by Crippen LogP contribution is 2.12. The fourth-order valence-electron chi connectivity index (χ4n) is 1.79. The molecule has 0 fully saturated rings. The van der Waals surface area contributed by atoms with E-state index < -0.39 is 11.2 Å². The minimum atomic E-state index is -0.469.